The Morgan fingerprint density at radius 3 is 1.18 bits per heavy atom. The minimum absolute atomic E-state index is 0. The van der Waals surface area contributed by atoms with E-state index in [1.807, 2.05) is 0 Å². The van der Waals surface area contributed by atoms with Crippen molar-refractivity contribution < 1.29 is 36.9 Å². The van der Waals surface area contributed by atoms with Crippen molar-refractivity contribution in [2.45, 2.75) is 12.8 Å². The molecule has 0 aliphatic heterocycles. The van der Waals surface area contributed by atoms with Crippen LogP contribution >= 0.6 is 46.4 Å². The summed E-state index contributed by atoms with van der Waals surface area (Å²) in [5, 5.41) is 29.4. The Hall–Kier alpha value is -4.48. The molecule has 2 heterocycles. The molecule has 4 N–H and O–H groups in total. The number of aromatic nitrogens is 4. The molecule has 6 rings (SSSR count). The van der Waals surface area contributed by atoms with Gasteiger partial charge < -0.3 is 40.4 Å². The fourth-order valence-electron chi connectivity index (χ4n) is 3.84. The number of imidazole rings is 2. The summed E-state index contributed by atoms with van der Waals surface area (Å²) in [4.78, 5) is 34.3. The van der Waals surface area contributed by atoms with Gasteiger partial charge in [-0.25, -0.2) is 9.97 Å². The second kappa shape index (κ2) is 22.2. The molecule has 257 valence electrons. The first-order valence-electron chi connectivity index (χ1n) is 14.0. The summed E-state index contributed by atoms with van der Waals surface area (Å²) in [6.07, 6.45) is 9.82. The molecule has 1 radical (unpaired) electrons. The van der Waals surface area contributed by atoms with Crippen molar-refractivity contribution in [1.29, 1.82) is 0 Å². The van der Waals surface area contributed by atoms with Crippen LogP contribution < -0.4 is 20.8 Å². The van der Waals surface area contributed by atoms with Crippen LogP contribution in [0.3, 0.4) is 0 Å². The number of carbonyl (C=O) groups is 2. The Bertz CT molecular complexity index is 1650. The van der Waals surface area contributed by atoms with Crippen molar-refractivity contribution in [2.24, 2.45) is 0 Å². The van der Waals surface area contributed by atoms with Gasteiger partial charge in [0.15, 0.2) is 0 Å². The van der Waals surface area contributed by atoms with Crippen molar-refractivity contribution >= 4 is 81.1 Å². The molecule has 0 saturated carbocycles. The van der Waals surface area contributed by atoms with Gasteiger partial charge in [0.05, 0.1) is 44.1 Å². The van der Waals surface area contributed by atoms with Gasteiger partial charge in [0.25, 0.3) is 0 Å². The normalized spacial score (nSPS) is 9.55. The van der Waals surface area contributed by atoms with Crippen LogP contribution in [-0.2, 0) is 39.5 Å². The number of nitrogens with zero attached hydrogens (tertiary/aromatic N) is 2. The molecular weight excluding hydrogens is 762 g/mol. The largest absolute Gasteiger partial charge is 2.00 e. The molecule has 4 aromatic carbocycles. The Morgan fingerprint density at radius 1 is 0.571 bits per heavy atom. The van der Waals surface area contributed by atoms with E-state index in [2.05, 4.69) is 30.6 Å². The van der Waals surface area contributed by atoms with Crippen LogP contribution in [0.1, 0.15) is 11.1 Å². The van der Waals surface area contributed by atoms with Crippen LogP contribution in [0.15, 0.2) is 122 Å². The number of benzene rings is 4. The molecule has 15 heteroatoms. The maximum atomic E-state index is 10.7. The number of rotatable bonds is 8. The second-order valence-corrected chi connectivity index (χ2v) is 11.0. The molecule has 0 amide bonds. The van der Waals surface area contributed by atoms with Crippen molar-refractivity contribution in [3.05, 3.63) is 154 Å². The van der Waals surface area contributed by atoms with Gasteiger partial charge in [0.1, 0.15) is 0 Å². The number of aliphatic carboxylic acids is 2. The number of para-hydroxylation sites is 4. The van der Waals surface area contributed by atoms with Crippen LogP contribution in [0.25, 0.3) is 0 Å². The van der Waals surface area contributed by atoms with Gasteiger partial charge in [-0.15, -0.1) is 0 Å². The monoisotopic (exact) mass is 787 g/mol. The quantitative estimate of drug-likeness (QED) is 0.122. The summed E-state index contributed by atoms with van der Waals surface area (Å²) in [6, 6.07) is 24.4. The average Bonchev–Trinajstić information content (AvgIpc) is 3.83. The average molecular weight is 790 g/mol. The van der Waals surface area contributed by atoms with Gasteiger partial charge in [-0.1, -0.05) is 94.9 Å². The van der Waals surface area contributed by atoms with Crippen LogP contribution in [0.5, 0.6) is 0 Å². The van der Waals surface area contributed by atoms with E-state index in [0.717, 1.165) is 0 Å². The second-order valence-electron chi connectivity index (χ2n) is 9.38. The van der Waals surface area contributed by atoms with E-state index < -0.39 is 11.9 Å². The Balaban J connectivity index is 0.000000260. The van der Waals surface area contributed by atoms with E-state index in [4.69, 9.17) is 46.4 Å². The summed E-state index contributed by atoms with van der Waals surface area (Å²) in [6.45, 7) is 0. The number of hydrogen-bond acceptors (Lipinski definition) is 8. The fraction of sp³-hybridized carbons (Fsp3) is 0.0588. The van der Waals surface area contributed by atoms with Crippen LogP contribution in [0.2, 0.25) is 20.1 Å². The maximum Gasteiger partial charge on any atom is 2.00 e. The minimum atomic E-state index is -1.14. The third kappa shape index (κ3) is 14.7. The number of nitrogens with one attached hydrogen (secondary N) is 4. The zero-order valence-electron chi connectivity index (χ0n) is 25.3. The van der Waals surface area contributed by atoms with Gasteiger partial charge >= 0.3 is 17.1 Å². The number of halogens is 4. The number of aromatic amines is 2. The van der Waals surface area contributed by atoms with Crippen molar-refractivity contribution in [2.75, 3.05) is 10.6 Å². The smallest absolute Gasteiger partial charge is 0.550 e. The molecule has 6 aromatic rings. The van der Waals surface area contributed by atoms with E-state index in [1.165, 1.54) is 0 Å². The van der Waals surface area contributed by atoms with E-state index in [1.54, 1.807) is 122 Å². The number of H-pyrrole nitrogens is 2. The Morgan fingerprint density at radius 2 is 0.918 bits per heavy atom. The first kappa shape index (κ1) is 40.7. The molecule has 0 atom stereocenters. The predicted octanol–water partition coefficient (Wildman–Crippen LogP) is 6.88. The summed E-state index contributed by atoms with van der Waals surface area (Å²) < 4.78 is 0. The van der Waals surface area contributed by atoms with Gasteiger partial charge in [-0.3, -0.25) is 0 Å². The third-order valence-electron chi connectivity index (χ3n) is 5.96. The first-order valence-corrected chi connectivity index (χ1v) is 15.5. The van der Waals surface area contributed by atoms with Crippen molar-refractivity contribution in [3.8, 4) is 0 Å². The van der Waals surface area contributed by atoms with Crippen LogP contribution in [-0.4, -0.2) is 31.9 Å². The zero-order chi connectivity index (χ0) is 34.7. The van der Waals surface area contributed by atoms with Crippen LogP contribution in [0.4, 0.5) is 22.7 Å². The molecule has 49 heavy (non-hydrogen) atoms. The number of anilines is 4. The molecule has 0 aliphatic carbocycles. The Labute approximate surface area is 313 Å². The van der Waals surface area contributed by atoms with E-state index in [9.17, 15) is 19.8 Å². The van der Waals surface area contributed by atoms with Gasteiger partial charge in [0, 0.05) is 60.9 Å². The standard InChI is InChI=1S/2C14H11Cl2NO2.2C3H4N2.Cu/c2*15-10-5-3-6-11(16)14(10)17-12-7-2-1-4-9(12)8-13(18)19;2*1-2-5-3-4-1;/h2*1-7,17H,8H2,(H,18,19);2*1-3H,(H,4,5);/q;;;;+2/p-2. The first-order chi connectivity index (χ1) is 23.2. The van der Waals surface area contributed by atoms with E-state index in [-0.39, 0.29) is 29.9 Å². The molecule has 0 saturated heterocycles. The molecule has 0 spiro atoms. The summed E-state index contributed by atoms with van der Waals surface area (Å²) in [5.41, 5.74) is 3.61. The number of carbonyl (C=O) groups excluding carboxylic acids is 2. The molecule has 0 bridgehead atoms. The Kier molecular flexibility index (Phi) is 18.4. The molecule has 2 aromatic heterocycles. The summed E-state index contributed by atoms with van der Waals surface area (Å²) in [7, 11) is 0. The summed E-state index contributed by atoms with van der Waals surface area (Å²) in [5.74, 6) is -2.28. The van der Waals surface area contributed by atoms with Gasteiger partial charge in [-0.05, 0) is 47.5 Å². The van der Waals surface area contributed by atoms with Crippen LogP contribution in [0, 0.1) is 0 Å². The molecule has 10 nitrogen and oxygen atoms in total. The number of hydrogen-bond donors (Lipinski definition) is 4. The van der Waals surface area contributed by atoms with Gasteiger partial charge in [-0.2, -0.15) is 0 Å². The number of carboxylic acids is 2. The fourth-order valence-corrected chi connectivity index (χ4v) is 4.82. The summed E-state index contributed by atoms with van der Waals surface area (Å²) >= 11 is 24.2. The molecule has 0 aliphatic rings. The van der Waals surface area contributed by atoms with Crippen molar-refractivity contribution in [1.82, 2.24) is 19.9 Å². The van der Waals surface area contributed by atoms with Crippen molar-refractivity contribution in [3.63, 3.8) is 0 Å². The number of carboxylic acid groups (broad SMARTS) is 2. The predicted molar refractivity (Wildman–Crippen MR) is 187 cm³/mol. The maximum absolute atomic E-state index is 10.7. The molecule has 0 unspecified atom stereocenters. The topological polar surface area (TPSA) is 162 Å². The molecule has 0 fully saturated rings. The van der Waals surface area contributed by atoms with E-state index in [0.29, 0.717) is 54.0 Å². The SMILES string of the molecule is O=C([O-])Cc1ccccc1Nc1c(Cl)cccc1Cl.O=C([O-])Cc1ccccc1Nc1c(Cl)cccc1Cl.[Cu+2].c1c[nH]cn1.c1c[nH]cn1. The molecular formula is C34H28Cl4CuN6O4. The van der Waals surface area contributed by atoms with Gasteiger partial charge in [0.2, 0.25) is 0 Å². The minimum Gasteiger partial charge on any atom is -0.550 e. The van der Waals surface area contributed by atoms with E-state index >= 15 is 0 Å². The zero-order valence-corrected chi connectivity index (χ0v) is 29.3. The third-order valence-corrected chi connectivity index (χ3v) is 7.22.